The zero-order chi connectivity index (χ0) is 20.6. The lowest BCUT2D eigenvalue weighted by Gasteiger charge is -2.31. The van der Waals surface area contributed by atoms with Gasteiger partial charge in [0.1, 0.15) is 18.4 Å². The van der Waals surface area contributed by atoms with Crippen LogP contribution in [0.5, 0.6) is 0 Å². The minimum atomic E-state index is -0.902. The highest BCUT2D eigenvalue weighted by Gasteiger charge is 2.47. The van der Waals surface area contributed by atoms with Gasteiger partial charge in [0, 0.05) is 25.6 Å². The number of primary amides is 1. The molecule has 0 spiro atoms. The van der Waals surface area contributed by atoms with Gasteiger partial charge in [0.2, 0.25) is 17.7 Å². The summed E-state index contributed by atoms with van der Waals surface area (Å²) in [6.45, 7) is 4.22. The van der Waals surface area contributed by atoms with Crippen molar-refractivity contribution >= 4 is 23.6 Å². The van der Waals surface area contributed by atoms with E-state index in [9.17, 15) is 19.2 Å². The van der Waals surface area contributed by atoms with Crippen LogP contribution in [0.25, 0.3) is 0 Å². The maximum atomic E-state index is 12.8. The largest absolute Gasteiger partial charge is 0.368 e. The molecule has 0 aliphatic carbocycles. The molecule has 3 amide bonds. The van der Waals surface area contributed by atoms with Crippen LogP contribution in [0.4, 0.5) is 0 Å². The molecule has 152 valence electrons. The zero-order valence-corrected chi connectivity index (χ0v) is 16.1. The van der Waals surface area contributed by atoms with Crippen molar-refractivity contribution in [2.45, 2.75) is 57.7 Å². The highest BCUT2D eigenvalue weighted by Crippen LogP contribution is 2.36. The number of hydrogen-bond donors (Lipinski definition) is 3. The maximum absolute atomic E-state index is 12.8. The number of nitrogens with one attached hydrogen (secondary N) is 1. The number of imidazole rings is 1. The Morgan fingerprint density at radius 2 is 2.11 bits per heavy atom. The first-order valence-electron chi connectivity index (χ1n) is 9.32. The van der Waals surface area contributed by atoms with E-state index in [1.165, 1.54) is 22.0 Å². The molecular formula is C18H26N6O4. The molecule has 0 aromatic carbocycles. The van der Waals surface area contributed by atoms with Gasteiger partial charge in [-0.1, -0.05) is 13.8 Å². The van der Waals surface area contributed by atoms with Gasteiger partial charge in [0.05, 0.1) is 11.7 Å². The van der Waals surface area contributed by atoms with Crippen LogP contribution in [0.3, 0.4) is 0 Å². The second-order valence-corrected chi connectivity index (χ2v) is 8.16. The van der Waals surface area contributed by atoms with Crippen molar-refractivity contribution in [3.8, 4) is 0 Å². The number of likely N-dealkylation sites (tertiary alicyclic amines) is 1. The Balaban J connectivity index is 1.65. The molecule has 28 heavy (non-hydrogen) atoms. The molecule has 0 saturated carbocycles. The molecule has 10 heteroatoms. The summed E-state index contributed by atoms with van der Waals surface area (Å²) in [4.78, 5) is 53.9. The van der Waals surface area contributed by atoms with Crippen LogP contribution in [-0.2, 0) is 20.8 Å². The molecule has 2 fully saturated rings. The molecular weight excluding hydrogens is 364 g/mol. The first-order valence-corrected chi connectivity index (χ1v) is 9.32. The number of aromatic nitrogens is 2. The van der Waals surface area contributed by atoms with Crippen molar-refractivity contribution in [1.82, 2.24) is 19.8 Å². The number of nitrogens with two attached hydrogens (primary N) is 2. The highest BCUT2D eigenvalue weighted by atomic mass is 16.2. The summed E-state index contributed by atoms with van der Waals surface area (Å²) in [5.41, 5.74) is 11.7. The van der Waals surface area contributed by atoms with Crippen molar-refractivity contribution in [2.75, 3.05) is 6.54 Å². The smallest absolute Gasteiger partial charge is 0.254 e. The lowest BCUT2D eigenvalue weighted by Crippen LogP contribution is -2.54. The van der Waals surface area contributed by atoms with Crippen molar-refractivity contribution in [3.05, 3.63) is 18.2 Å². The van der Waals surface area contributed by atoms with E-state index in [0.29, 0.717) is 31.5 Å². The lowest BCUT2D eigenvalue weighted by molar-refractivity contribution is -0.140. The Morgan fingerprint density at radius 1 is 1.39 bits per heavy atom. The Hall–Kier alpha value is -2.75. The second-order valence-electron chi connectivity index (χ2n) is 8.16. The molecule has 1 aromatic heterocycles. The third-order valence-electron chi connectivity index (χ3n) is 5.53. The Morgan fingerprint density at radius 3 is 2.71 bits per heavy atom. The van der Waals surface area contributed by atoms with Gasteiger partial charge in [-0.2, -0.15) is 0 Å². The Kier molecular flexibility index (Phi) is 5.24. The molecule has 2 aliphatic rings. The molecule has 2 aliphatic heterocycles. The summed E-state index contributed by atoms with van der Waals surface area (Å²) in [5.74, 6) is -1.33. The van der Waals surface area contributed by atoms with Gasteiger partial charge in [0.25, 0.3) is 5.91 Å². The van der Waals surface area contributed by atoms with Crippen LogP contribution in [-0.4, -0.2) is 62.7 Å². The topological polar surface area (TPSA) is 153 Å². The van der Waals surface area contributed by atoms with Crippen LogP contribution in [0.1, 0.15) is 43.6 Å². The fourth-order valence-electron chi connectivity index (χ4n) is 3.97. The van der Waals surface area contributed by atoms with E-state index in [1.807, 2.05) is 13.8 Å². The van der Waals surface area contributed by atoms with Crippen LogP contribution in [0.2, 0.25) is 0 Å². The lowest BCUT2D eigenvalue weighted by atomic mass is 9.84. The van der Waals surface area contributed by atoms with Gasteiger partial charge in [0.15, 0.2) is 0 Å². The number of hydrogen-bond acceptors (Lipinski definition) is 6. The average Bonchev–Trinajstić information content (AvgIpc) is 3.32. The Labute approximate surface area is 162 Å². The summed E-state index contributed by atoms with van der Waals surface area (Å²) in [6, 6.07) is -2.16. The molecule has 0 radical (unpaired) electrons. The standard InChI is InChI=1S/C18H26N6O4/c1-18(2)5-6-24(14(18)15(20)26)16(27)11(19)7-10-8-23(9-21-10)17(28)12-3-4-13(25)22-12/h8-9,11-12,14H,3-7,19H2,1-2H3,(H2,20,26)(H,22,25)/t11-,12-,14+/m0/s1. The van der Waals surface area contributed by atoms with E-state index < -0.39 is 29.4 Å². The zero-order valence-electron chi connectivity index (χ0n) is 16.1. The number of nitrogens with zero attached hydrogens (tertiary/aromatic N) is 3. The summed E-state index contributed by atoms with van der Waals surface area (Å²) in [6.07, 6.45) is 4.42. The highest BCUT2D eigenvalue weighted by molar-refractivity contribution is 5.92. The monoisotopic (exact) mass is 390 g/mol. The number of carbonyl (C=O) groups is 4. The molecule has 1 aromatic rings. The molecule has 5 N–H and O–H groups in total. The maximum Gasteiger partial charge on any atom is 0.254 e. The minimum absolute atomic E-state index is 0.124. The summed E-state index contributed by atoms with van der Waals surface area (Å²) < 4.78 is 1.30. The van der Waals surface area contributed by atoms with Crippen LogP contribution in [0, 0.1) is 5.41 Å². The molecule has 3 rings (SSSR count). The third kappa shape index (κ3) is 3.77. The molecule has 3 atom stereocenters. The second kappa shape index (κ2) is 7.34. The van der Waals surface area contributed by atoms with E-state index in [-0.39, 0.29) is 24.1 Å². The average molecular weight is 390 g/mol. The fraction of sp³-hybridized carbons (Fsp3) is 0.611. The number of rotatable bonds is 5. The first-order chi connectivity index (χ1) is 13.1. The van der Waals surface area contributed by atoms with E-state index in [2.05, 4.69) is 10.3 Å². The van der Waals surface area contributed by atoms with Gasteiger partial charge < -0.3 is 21.7 Å². The van der Waals surface area contributed by atoms with E-state index in [0.717, 1.165) is 0 Å². The van der Waals surface area contributed by atoms with Crippen molar-refractivity contribution in [3.63, 3.8) is 0 Å². The van der Waals surface area contributed by atoms with Crippen molar-refractivity contribution < 1.29 is 19.2 Å². The molecule has 3 heterocycles. The molecule has 10 nitrogen and oxygen atoms in total. The van der Waals surface area contributed by atoms with Crippen LogP contribution in [0.15, 0.2) is 12.5 Å². The van der Waals surface area contributed by atoms with Crippen LogP contribution < -0.4 is 16.8 Å². The van der Waals surface area contributed by atoms with Crippen LogP contribution >= 0.6 is 0 Å². The minimum Gasteiger partial charge on any atom is -0.368 e. The van der Waals surface area contributed by atoms with Gasteiger partial charge in [-0.25, -0.2) is 4.98 Å². The van der Waals surface area contributed by atoms with Crippen molar-refractivity contribution in [1.29, 1.82) is 0 Å². The quantitative estimate of drug-likeness (QED) is 0.573. The van der Waals surface area contributed by atoms with Gasteiger partial charge in [-0.05, 0) is 18.3 Å². The first kappa shape index (κ1) is 20.0. The van der Waals surface area contributed by atoms with E-state index in [1.54, 1.807) is 0 Å². The molecule has 2 saturated heterocycles. The van der Waals surface area contributed by atoms with Gasteiger partial charge >= 0.3 is 0 Å². The van der Waals surface area contributed by atoms with E-state index >= 15 is 0 Å². The van der Waals surface area contributed by atoms with Crippen molar-refractivity contribution in [2.24, 2.45) is 16.9 Å². The summed E-state index contributed by atoms with van der Waals surface area (Å²) in [5, 5.41) is 2.61. The Bertz CT molecular complexity index is 817. The van der Waals surface area contributed by atoms with Gasteiger partial charge in [-0.15, -0.1) is 0 Å². The number of amides is 3. The summed E-state index contributed by atoms with van der Waals surface area (Å²) in [7, 11) is 0. The SMILES string of the molecule is CC1(C)CCN(C(=O)[C@@H](N)Cc2cn(C(=O)[C@@H]3CCC(=O)N3)cn2)[C@@H]1C(N)=O. The predicted octanol–water partition coefficient (Wildman–Crippen LogP) is -1.22. The van der Waals surface area contributed by atoms with E-state index in [4.69, 9.17) is 11.5 Å². The third-order valence-corrected chi connectivity index (χ3v) is 5.53. The normalized spacial score (nSPS) is 24.8. The summed E-state index contributed by atoms with van der Waals surface area (Å²) >= 11 is 0. The molecule has 0 unspecified atom stereocenters. The predicted molar refractivity (Wildman–Crippen MR) is 98.8 cm³/mol. The molecule has 0 bridgehead atoms. The fourth-order valence-corrected chi connectivity index (χ4v) is 3.97. The number of carbonyl (C=O) groups excluding carboxylic acids is 4. The van der Waals surface area contributed by atoms with Gasteiger partial charge in [-0.3, -0.25) is 23.7 Å².